The molecule has 0 heterocycles. The van der Waals surface area contributed by atoms with E-state index in [0.717, 1.165) is 25.7 Å². The number of aliphatic hydroxyl groups excluding tert-OH is 1. The van der Waals surface area contributed by atoms with E-state index in [0.29, 0.717) is 0 Å². The largest absolute Gasteiger partial charge is 0.388 e. The second-order valence-corrected chi connectivity index (χ2v) is 5.09. The zero-order valence-electron chi connectivity index (χ0n) is 11.0. The average molecular weight is 220 g/mol. The molecule has 0 radical (unpaired) electrons. The molecule has 0 amide bonds. The second kappa shape index (κ2) is 6.05. The molecule has 0 aromatic heterocycles. The van der Waals surface area contributed by atoms with Crippen LogP contribution in [-0.4, -0.2) is 11.2 Å². The van der Waals surface area contributed by atoms with Crippen LogP contribution in [0, 0.1) is 0 Å². The Bertz CT molecular complexity index is 327. The molecular formula is C15H24O. The minimum atomic E-state index is -0.302. The second-order valence-electron chi connectivity index (χ2n) is 5.09. The summed E-state index contributed by atoms with van der Waals surface area (Å²) in [6.45, 7) is 8.48. The predicted molar refractivity (Wildman–Crippen MR) is 70.4 cm³/mol. The Balaban J connectivity index is 2.94. The van der Waals surface area contributed by atoms with Gasteiger partial charge in [0.15, 0.2) is 0 Å². The fourth-order valence-corrected chi connectivity index (χ4v) is 2.12. The summed E-state index contributed by atoms with van der Waals surface area (Å²) in [6.07, 6.45) is 8.16. The van der Waals surface area contributed by atoms with Gasteiger partial charge in [-0.3, -0.25) is 0 Å². The first-order chi connectivity index (χ1) is 7.50. The Kier molecular flexibility index (Phi) is 5.01. The van der Waals surface area contributed by atoms with Crippen LogP contribution >= 0.6 is 0 Å². The fraction of sp³-hybridized carbons (Fsp3) is 0.600. The summed E-state index contributed by atoms with van der Waals surface area (Å²) in [5, 5.41) is 10.2. The van der Waals surface area contributed by atoms with Crippen molar-refractivity contribution in [1.82, 2.24) is 0 Å². The summed E-state index contributed by atoms with van der Waals surface area (Å²) in [5.74, 6) is 0. The summed E-state index contributed by atoms with van der Waals surface area (Å²) < 4.78 is 0. The molecule has 1 aliphatic carbocycles. The van der Waals surface area contributed by atoms with Gasteiger partial charge >= 0.3 is 0 Å². The number of hydrogen-bond donors (Lipinski definition) is 1. The molecule has 0 aromatic carbocycles. The molecular weight excluding hydrogens is 196 g/mol. The molecule has 1 N–H and O–H groups in total. The molecule has 1 aliphatic rings. The van der Waals surface area contributed by atoms with Crippen LogP contribution in [0.1, 0.15) is 53.4 Å². The maximum absolute atomic E-state index is 10.2. The van der Waals surface area contributed by atoms with Crippen LogP contribution in [0.5, 0.6) is 0 Å². The first-order valence-electron chi connectivity index (χ1n) is 6.16. The number of allylic oxidation sites excluding steroid dienone is 4. The molecule has 0 aromatic rings. The summed E-state index contributed by atoms with van der Waals surface area (Å²) in [5.41, 5.74) is 5.18. The Labute approximate surface area is 99.6 Å². The van der Waals surface area contributed by atoms with Gasteiger partial charge in [-0.1, -0.05) is 28.9 Å². The van der Waals surface area contributed by atoms with Crippen LogP contribution in [-0.2, 0) is 0 Å². The summed E-state index contributed by atoms with van der Waals surface area (Å²) >= 11 is 0. The molecule has 0 saturated heterocycles. The molecule has 16 heavy (non-hydrogen) atoms. The van der Waals surface area contributed by atoms with Crippen LogP contribution < -0.4 is 0 Å². The summed E-state index contributed by atoms with van der Waals surface area (Å²) in [7, 11) is 0. The first kappa shape index (κ1) is 13.2. The highest BCUT2D eigenvalue weighted by Crippen LogP contribution is 2.23. The highest BCUT2D eigenvalue weighted by molar-refractivity contribution is 5.22. The van der Waals surface area contributed by atoms with Crippen molar-refractivity contribution < 1.29 is 5.11 Å². The van der Waals surface area contributed by atoms with Crippen molar-refractivity contribution in [3.05, 3.63) is 34.4 Å². The van der Waals surface area contributed by atoms with E-state index in [1.54, 1.807) is 0 Å². The topological polar surface area (TPSA) is 20.2 Å². The van der Waals surface area contributed by atoms with E-state index in [4.69, 9.17) is 0 Å². The van der Waals surface area contributed by atoms with Gasteiger partial charge in [0, 0.05) is 0 Å². The lowest BCUT2D eigenvalue weighted by Crippen LogP contribution is -2.12. The number of rotatable bonds is 0. The van der Waals surface area contributed by atoms with Gasteiger partial charge < -0.3 is 5.11 Å². The minimum Gasteiger partial charge on any atom is -0.388 e. The standard InChI is InChI=1S/C15H24O/c1-11(2)14-9-8-12(3)6-5-7-13(4)10-15(14)16/h7-8,15-16H,5-6,9-10H2,1-4H3/b12-8-,13-7-/t15-/m1/s1. The third-order valence-corrected chi connectivity index (χ3v) is 3.26. The summed E-state index contributed by atoms with van der Waals surface area (Å²) in [6, 6.07) is 0. The highest BCUT2D eigenvalue weighted by Gasteiger charge is 2.13. The molecule has 0 saturated carbocycles. The van der Waals surface area contributed by atoms with Crippen molar-refractivity contribution in [2.75, 3.05) is 0 Å². The maximum Gasteiger partial charge on any atom is 0.0792 e. The monoisotopic (exact) mass is 220 g/mol. The van der Waals surface area contributed by atoms with Crippen LogP contribution in [0.15, 0.2) is 34.4 Å². The molecule has 0 spiro atoms. The van der Waals surface area contributed by atoms with Gasteiger partial charge in [0.05, 0.1) is 6.10 Å². The average Bonchev–Trinajstić information content (AvgIpc) is 2.16. The molecule has 0 unspecified atom stereocenters. The predicted octanol–water partition coefficient (Wildman–Crippen LogP) is 4.15. The van der Waals surface area contributed by atoms with Gasteiger partial charge in [-0.2, -0.15) is 0 Å². The van der Waals surface area contributed by atoms with Crippen molar-refractivity contribution in [3.63, 3.8) is 0 Å². The Morgan fingerprint density at radius 3 is 2.50 bits per heavy atom. The Morgan fingerprint density at radius 2 is 1.88 bits per heavy atom. The normalized spacial score (nSPS) is 30.1. The summed E-state index contributed by atoms with van der Waals surface area (Å²) in [4.78, 5) is 0. The van der Waals surface area contributed by atoms with Gasteiger partial charge in [-0.15, -0.1) is 0 Å². The lowest BCUT2D eigenvalue weighted by atomic mass is 9.93. The van der Waals surface area contributed by atoms with E-state index in [1.165, 1.54) is 22.3 Å². The lowest BCUT2D eigenvalue weighted by molar-refractivity contribution is 0.207. The van der Waals surface area contributed by atoms with Crippen molar-refractivity contribution in [2.45, 2.75) is 59.5 Å². The van der Waals surface area contributed by atoms with E-state index in [1.807, 2.05) is 0 Å². The zero-order chi connectivity index (χ0) is 12.1. The van der Waals surface area contributed by atoms with Crippen molar-refractivity contribution in [1.29, 1.82) is 0 Å². The van der Waals surface area contributed by atoms with Crippen LogP contribution in [0.3, 0.4) is 0 Å². The van der Waals surface area contributed by atoms with E-state index < -0.39 is 0 Å². The quantitative estimate of drug-likeness (QED) is 0.608. The number of aliphatic hydroxyl groups is 1. The third-order valence-electron chi connectivity index (χ3n) is 3.26. The van der Waals surface area contributed by atoms with E-state index in [2.05, 4.69) is 39.8 Å². The van der Waals surface area contributed by atoms with E-state index in [9.17, 15) is 5.11 Å². The first-order valence-corrected chi connectivity index (χ1v) is 6.16. The van der Waals surface area contributed by atoms with Gasteiger partial charge in [0.2, 0.25) is 0 Å². The number of hydrogen-bond acceptors (Lipinski definition) is 1. The van der Waals surface area contributed by atoms with Crippen LogP contribution in [0.25, 0.3) is 0 Å². The molecule has 0 bridgehead atoms. The van der Waals surface area contributed by atoms with Crippen molar-refractivity contribution >= 4 is 0 Å². The van der Waals surface area contributed by atoms with Gasteiger partial charge in [-0.05, 0) is 59.0 Å². The molecule has 1 rings (SSSR count). The maximum atomic E-state index is 10.2. The molecule has 1 nitrogen and oxygen atoms in total. The highest BCUT2D eigenvalue weighted by atomic mass is 16.3. The lowest BCUT2D eigenvalue weighted by Gasteiger charge is -2.18. The Hall–Kier alpha value is -0.820. The third kappa shape index (κ3) is 3.97. The Morgan fingerprint density at radius 1 is 1.19 bits per heavy atom. The molecule has 0 fully saturated rings. The zero-order valence-corrected chi connectivity index (χ0v) is 11.0. The molecule has 0 aliphatic heterocycles. The minimum absolute atomic E-state index is 0.302. The van der Waals surface area contributed by atoms with Gasteiger partial charge in [0.1, 0.15) is 0 Å². The smallest absolute Gasteiger partial charge is 0.0792 e. The van der Waals surface area contributed by atoms with E-state index in [-0.39, 0.29) is 6.10 Å². The van der Waals surface area contributed by atoms with Crippen LogP contribution in [0.2, 0.25) is 0 Å². The van der Waals surface area contributed by atoms with Crippen molar-refractivity contribution in [2.24, 2.45) is 0 Å². The van der Waals surface area contributed by atoms with Gasteiger partial charge in [0.25, 0.3) is 0 Å². The fourth-order valence-electron chi connectivity index (χ4n) is 2.12. The molecule has 1 heteroatoms. The molecule has 1 atom stereocenters. The van der Waals surface area contributed by atoms with Gasteiger partial charge in [-0.25, -0.2) is 0 Å². The molecule has 90 valence electrons. The van der Waals surface area contributed by atoms with Crippen molar-refractivity contribution in [3.8, 4) is 0 Å². The van der Waals surface area contributed by atoms with E-state index >= 15 is 0 Å². The SMILES string of the molecule is CC(C)=C1C/C=C(/C)CC/C=C(/C)C[C@H]1O. The van der Waals surface area contributed by atoms with Crippen LogP contribution in [0.4, 0.5) is 0 Å².